The van der Waals surface area contributed by atoms with Crippen molar-refractivity contribution in [2.75, 3.05) is 10.6 Å². The predicted octanol–water partition coefficient (Wildman–Crippen LogP) is 6.11. The molecule has 202 valence electrons. The van der Waals surface area contributed by atoms with Crippen LogP contribution in [0.1, 0.15) is 61.7 Å². The molecule has 3 aromatic rings. The van der Waals surface area contributed by atoms with Crippen LogP contribution < -0.4 is 16.0 Å². The van der Waals surface area contributed by atoms with Crippen molar-refractivity contribution >= 4 is 51.9 Å². The maximum Gasteiger partial charge on any atom is 0.323 e. The zero-order chi connectivity index (χ0) is 27.5. The van der Waals surface area contributed by atoms with E-state index in [1.165, 1.54) is 0 Å². The quantitative estimate of drug-likeness (QED) is 0.133. The van der Waals surface area contributed by atoms with E-state index >= 15 is 0 Å². The van der Waals surface area contributed by atoms with Crippen molar-refractivity contribution in [1.29, 1.82) is 0 Å². The average molecular weight is 632 g/mol. The molecule has 0 saturated heterocycles. The molecule has 1 unspecified atom stereocenters. The third-order valence-electron chi connectivity index (χ3n) is 5.78. The number of halogens is 1. The molecule has 3 rings (SSSR count). The maximum atomic E-state index is 12.8. The van der Waals surface area contributed by atoms with Gasteiger partial charge in [0, 0.05) is 34.7 Å². The molecule has 0 aliphatic carbocycles. The first-order valence-electron chi connectivity index (χ1n) is 12.5. The van der Waals surface area contributed by atoms with Gasteiger partial charge in [0.15, 0.2) is 0 Å². The van der Waals surface area contributed by atoms with Gasteiger partial charge in [-0.3, -0.25) is 9.59 Å². The Balaban J connectivity index is 1.55. The molecule has 38 heavy (non-hydrogen) atoms. The number of carbonyl (C=O) groups is 3. The Morgan fingerprint density at radius 3 is 2.47 bits per heavy atom. The lowest BCUT2D eigenvalue weighted by molar-refractivity contribution is -0.137. The molecule has 0 saturated carbocycles. The lowest BCUT2D eigenvalue weighted by atomic mass is 10.00. The van der Waals surface area contributed by atoms with E-state index in [-0.39, 0.29) is 30.8 Å². The Morgan fingerprint density at radius 2 is 1.79 bits per heavy atom. The number of benzene rings is 2. The summed E-state index contributed by atoms with van der Waals surface area (Å²) in [4.78, 5) is 36.0. The summed E-state index contributed by atoms with van der Waals surface area (Å²) >= 11 is 2.26. The van der Waals surface area contributed by atoms with Gasteiger partial charge >= 0.3 is 12.0 Å². The fraction of sp³-hybridized carbons (Fsp3) is 0.357. The number of aliphatic carboxylic acids is 1. The van der Waals surface area contributed by atoms with Crippen molar-refractivity contribution in [2.45, 2.75) is 56.4 Å². The van der Waals surface area contributed by atoms with Gasteiger partial charge in [-0.15, -0.1) is 0 Å². The van der Waals surface area contributed by atoms with Crippen LogP contribution in [0.3, 0.4) is 0 Å². The van der Waals surface area contributed by atoms with Crippen LogP contribution >= 0.6 is 22.6 Å². The topological polar surface area (TPSA) is 134 Å². The van der Waals surface area contributed by atoms with E-state index in [1.54, 1.807) is 18.2 Å². The Kier molecular flexibility index (Phi) is 11.1. The van der Waals surface area contributed by atoms with E-state index in [4.69, 9.17) is 9.63 Å². The molecule has 2 aromatic carbocycles. The molecule has 1 atom stereocenters. The Bertz CT molecular complexity index is 1230. The second-order valence-corrected chi connectivity index (χ2v) is 10.2. The van der Waals surface area contributed by atoms with Gasteiger partial charge in [0.2, 0.25) is 5.91 Å². The molecule has 9 nitrogen and oxygen atoms in total. The van der Waals surface area contributed by atoms with Crippen molar-refractivity contribution in [2.24, 2.45) is 5.92 Å². The molecule has 10 heteroatoms. The zero-order valence-electron chi connectivity index (χ0n) is 21.5. The first-order valence-corrected chi connectivity index (χ1v) is 14.0. The van der Waals surface area contributed by atoms with Crippen LogP contribution in [0.2, 0.25) is 0 Å². The molecule has 0 aliphatic rings. The largest absolute Gasteiger partial charge is 0.481 e. The second-order valence-electron chi connectivity index (χ2n) is 9.46. The van der Waals surface area contributed by atoms with Crippen LogP contribution in [0.15, 0.2) is 59.1 Å². The average Bonchev–Trinajstić information content (AvgIpc) is 3.33. The minimum atomic E-state index is -0.848. The van der Waals surface area contributed by atoms with Crippen LogP contribution in [0, 0.1) is 5.92 Å². The summed E-state index contributed by atoms with van der Waals surface area (Å²) in [6, 6.07) is 15.9. The lowest BCUT2D eigenvalue weighted by Gasteiger charge is -2.18. The minimum absolute atomic E-state index is 0.0632. The number of urea groups is 1. The van der Waals surface area contributed by atoms with Gasteiger partial charge in [-0.05, 0) is 48.1 Å². The standard InChI is InChI=1S/C28H33IN4O5/c1-18(2)14-24(25-16-22(38-33-25)7-5-9-27(35)36)31-26(34)15-19-10-12-21(13-11-19)30-28(37)32-23-8-4-3-6-20(23)17-29/h3-4,6,8,10-13,16,18,24H,5,7,9,14-15,17H2,1-2H3,(H,31,34)(H,35,36)(H2,30,32,37). The molecule has 0 aliphatic heterocycles. The highest BCUT2D eigenvalue weighted by Crippen LogP contribution is 2.23. The number of nitrogens with one attached hydrogen (secondary N) is 3. The van der Waals surface area contributed by atoms with Crippen LogP contribution in [0.25, 0.3) is 0 Å². The Hall–Kier alpha value is -3.41. The summed E-state index contributed by atoms with van der Waals surface area (Å²) < 4.78 is 6.16. The number of amides is 3. The number of nitrogens with zero attached hydrogens (tertiary/aromatic N) is 1. The number of hydrogen-bond acceptors (Lipinski definition) is 5. The molecule has 0 bridgehead atoms. The monoisotopic (exact) mass is 632 g/mol. The molecule has 1 heterocycles. The van der Waals surface area contributed by atoms with Gasteiger partial charge in [0.05, 0.1) is 12.5 Å². The van der Waals surface area contributed by atoms with E-state index in [1.807, 2.05) is 36.4 Å². The third kappa shape index (κ3) is 9.47. The molecule has 1 aromatic heterocycles. The smallest absolute Gasteiger partial charge is 0.323 e. The number of carboxylic acid groups (broad SMARTS) is 1. The highest BCUT2D eigenvalue weighted by atomic mass is 127. The summed E-state index contributed by atoms with van der Waals surface area (Å²) in [6.07, 6.45) is 1.86. The molecular formula is C28H33IN4O5. The number of aromatic nitrogens is 1. The van der Waals surface area contributed by atoms with Gasteiger partial charge in [-0.25, -0.2) is 4.79 Å². The van der Waals surface area contributed by atoms with E-state index < -0.39 is 5.97 Å². The number of rotatable bonds is 13. The van der Waals surface area contributed by atoms with Crippen LogP contribution in [0.4, 0.5) is 16.2 Å². The Morgan fingerprint density at radius 1 is 1.05 bits per heavy atom. The number of aryl methyl sites for hydroxylation is 1. The van der Waals surface area contributed by atoms with E-state index in [0.29, 0.717) is 42.3 Å². The molecular weight excluding hydrogens is 599 g/mol. The molecule has 0 spiro atoms. The second kappa shape index (κ2) is 14.5. The third-order valence-corrected chi connectivity index (χ3v) is 6.60. The fourth-order valence-electron chi connectivity index (χ4n) is 3.93. The number of carbonyl (C=O) groups excluding carboxylic acids is 2. The van der Waals surface area contributed by atoms with Crippen molar-refractivity contribution in [1.82, 2.24) is 10.5 Å². The zero-order valence-corrected chi connectivity index (χ0v) is 23.7. The van der Waals surface area contributed by atoms with Crippen molar-refractivity contribution < 1.29 is 24.0 Å². The van der Waals surface area contributed by atoms with Gasteiger partial charge < -0.3 is 25.6 Å². The van der Waals surface area contributed by atoms with Gasteiger partial charge in [0.1, 0.15) is 11.5 Å². The van der Waals surface area contributed by atoms with Gasteiger partial charge in [-0.2, -0.15) is 0 Å². The van der Waals surface area contributed by atoms with Gasteiger partial charge in [-0.1, -0.05) is 71.9 Å². The first-order chi connectivity index (χ1) is 18.2. The van der Waals surface area contributed by atoms with Crippen molar-refractivity contribution in [3.05, 3.63) is 77.2 Å². The highest BCUT2D eigenvalue weighted by Gasteiger charge is 2.20. The van der Waals surface area contributed by atoms with Crippen molar-refractivity contribution in [3.63, 3.8) is 0 Å². The number of carboxylic acids is 1. The summed E-state index contributed by atoms with van der Waals surface area (Å²) in [5.74, 6) is -0.0823. The van der Waals surface area contributed by atoms with Crippen molar-refractivity contribution in [3.8, 4) is 0 Å². The lowest BCUT2D eigenvalue weighted by Crippen LogP contribution is -2.31. The first kappa shape index (κ1) is 29.2. The normalized spacial score (nSPS) is 11.7. The molecule has 4 N–H and O–H groups in total. The van der Waals surface area contributed by atoms with E-state index in [2.05, 4.69) is 57.5 Å². The molecule has 0 radical (unpaired) electrons. The highest BCUT2D eigenvalue weighted by molar-refractivity contribution is 14.1. The SMILES string of the molecule is CC(C)CC(NC(=O)Cc1ccc(NC(=O)Nc2ccccc2CI)cc1)c1cc(CCCC(=O)O)on1. The maximum absolute atomic E-state index is 12.8. The summed E-state index contributed by atoms with van der Waals surface area (Å²) in [7, 11) is 0. The van der Waals surface area contributed by atoms with Crippen LogP contribution in [-0.4, -0.2) is 28.2 Å². The molecule has 3 amide bonds. The Labute approximate surface area is 235 Å². The number of anilines is 2. The number of para-hydroxylation sites is 1. The predicted molar refractivity (Wildman–Crippen MR) is 154 cm³/mol. The number of hydrogen-bond donors (Lipinski definition) is 4. The summed E-state index contributed by atoms with van der Waals surface area (Å²) in [6.45, 7) is 4.13. The fourth-order valence-corrected chi connectivity index (χ4v) is 4.60. The van der Waals surface area contributed by atoms with E-state index in [0.717, 1.165) is 21.2 Å². The number of alkyl halides is 1. The molecule has 0 fully saturated rings. The van der Waals surface area contributed by atoms with E-state index in [9.17, 15) is 14.4 Å². The van der Waals surface area contributed by atoms with Gasteiger partial charge in [0.25, 0.3) is 0 Å². The minimum Gasteiger partial charge on any atom is -0.481 e. The van der Waals surface area contributed by atoms with Crippen LogP contribution in [-0.2, 0) is 26.9 Å². The summed E-state index contributed by atoms with van der Waals surface area (Å²) in [5.41, 5.74) is 3.87. The summed E-state index contributed by atoms with van der Waals surface area (Å²) in [5, 5.41) is 21.7. The van der Waals surface area contributed by atoms with Crippen LogP contribution in [0.5, 0.6) is 0 Å².